The van der Waals surface area contributed by atoms with Crippen LogP contribution in [0, 0.1) is 11.8 Å². The Morgan fingerprint density at radius 1 is 1.12 bits per heavy atom. The lowest BCUT2D eigenvalue weighted by Crippen LogP contribution is -2.36. The highest BCUT2D eigenvalue weighted by Crippen LogP contribution is 2.12. The summed E-state index contributed by atoms with van der Waals surface area (Å²) in [5.41, 5.74) is 1.62. The predicted octanol–water partition coefficient (Wildman–Crippen LogP) is 2.01. The smallest absolute Gasteiger partial charge is 0.254 e. The van der Waals surface area contributed by atoms with E-state index in [9.17, 15) is 0 Å². The van der Waals surface area contributed by atoms with Gasteiger partial charge in [-0.3, -0.25) is 0 Å². The molecule has 0 aliphatic carbocycles. The van der Waals surface area contributed by atoms with Crippen molar-refractivity contribution in [2.75, 3.05) is 31.2 Å². The van der Waals surface area contributed by atoms with Crippen LogP contribution in [0.3, 0.4) is 0 Å². The molecule has 0 amide bonds. The third kappa shape index (κ3) is 3.18. The third-order valence-corrected chi connectivity index (χ3v) is 3.89. The van der Waals surface area contributed by atoms with Gasteiger partial charge < -0.3 is 9.64 Å². The number of benzene rings is 1. The number of rotatable bonds is 1. The molecule has 24 heavy (non-hydrogen) atoms. The fourth-order valence-corrected chi connectivity index (χ4v) is 2.63. The summed E-state index contributed by atoms with van der Waals surface area (Å²) >= 11 is 5.97. The minimum Gasteiger partial charge on any atom is -0.378 e. The second-order valence-corrected chi connectivity index (χ2v) is 5.80. The summed E-state index contributed by atoms with van der Waals surface area (Å²) in [6.07, 6.45) is 3.53. The van der Waals surface area contributed by atoms with Crippen molar-refractivity contribution >= 4 is 23.3 Å². The number of anilines is 1. The second kappa shape index (κ2) is 6.48. The molecule has 0 spiro atoms. The molecule has 1 fully saturated rings. The van der Waals surface area contributed by atoms with E-state index in [4.69, 9.17) is 16.3 Å². The fraction of sp³-hybridized carbons (Fsp3) is 0.235. The number of nitrogens with zero attached hydrogens (tertiary/aromatic N) is 5. The minimum atomic E-state index is 0.560. The molecule has 0 bridgehead atoms. The predicted molar refractivity (Wildman–Crippen MR) is 91.2 cm³/mol. The van der Waals surface area contributed by atoms with Crippen LogP contribution < -0.4 is 4.90 Å². The maximum Gasteiger partial charge on any atom is 0.254 e. The van der Waals surface area contributed by atoms with E-state index in [2.05, 4.69) is 31.8 Å². The number of aromatic nitrogens is 4. The van der Waals surface area contributed by atoms with Crippen LogP contribution in [0.1, 0.15) is 11.1 Å². The summed E-state index contributed by atoms with van der Waals surface area (Å²) in [6, 6.07) is 7.44. The van der Waals surface area contributed by atoms with E-state index in [-0.39, 0.29) is 0 Å². The number of hydrogen-bond acceptors (Lipinski definition) is 5. The van der Waals surface area contributed by atoms with E-state index in [1.54, 1.807) is 10.7 Å². The van der Waals surface area contributed by atoms with Crippen LogP contribution in [0.25, 0.3) is 5.78 Å². The summed E-state index contributed by atoms with van der Waals surface area (Å²) in [5, 5.41) is 5.16. The maximum atomic E-state index is 5.97. The lowest BCUT2D eigenvalue weighted by molar-refractivity contribution is 0.122. The van der Waals surface area contributed by atoms with Gasteiger partial charge in [0, 0.05) is 36.1 Å². The molecule has 0 N–H and O–H groups in total. The maximum absolute atomic E-state index is 5.97. The van der Waals surface area contributed by atoms with Gasteiger partial charge in [0.1, 0.15) is 0 Å². The summed E-state index contributed by atoms with van der Waals surface area (Å²) < 4.78 is 7.01. The average molecular weight is 340 g/mol. The zero-order chi connectivity index (χ0) is 16.4. The van der Waals surface area contributed by atoms with Crippen LogP contribution in [0.2, 0.25) is 5.02 Å². The zero-order valence-corrected chi connectivity index (χ0v) is 13.6. The number of fused-ring (bicyclic) bond motifs is 1. The highest BCUT2D eigenvalue weighted by Gasteiger charge is 2.16. The number of halogens is 1. The van der Waals surface area contributed by atoms with Crippen molar-refractivity contribution < 1.29 is 4.74 Å². The normalized spacial score (nSPS) is 14.5. The first-order chi connectivity index (χ1) is 11.8. The first kappa shape index (κ1) is 14.9. The molecule has 3 heterocycles. The molecule has 2 aromatic heterocycles. The lowest BCUT2D eigenvalue weighted by Gasteiger charge is -2.25. The van der Waals surface area contributed by atoms with E-state index in [1.807, 2.05) is 30.5 Å². The van der Waals surface area contributed by atoms with Gasteiger partial charge in [-0.1, -0.05) is 29.5 Å². The Balaban J connectivity index is 1.61. The van der Waals surface area contributed by atoms with Gasteiger partial charge in [-0.2, -0.15) is 4.98 Å². The quantitative estimate of drug-likeness (QED) is 0.635. The molecule has 0 atom stereocenters. The highest BCUT2D eigenvalue weighted by atomic mass is 35.5. The van der Waals surface area contributed by atoms with Crippen LogP contribution in [0.15, 0.2) is 36.7 Å². The molecule has 1 aliphatic rings. The van der Waals surface area contributed by atoms with E-state index in [1.165, 1.54) is 0 Å². The van der Waals surface area contributed by atoms with Crippen LogP contribution in [-0.4, -0.2) is 45.9 Å². The Hall–Kier alpha value is -2.62. The standard InChI is InChI=1S/C17H14ClN5O/c18-15-3-1-2-13(10-15)4-5-14-11-19-16-20-17(21-23(16)12-14)22-6-8-24-9-7-22/h1-3,10-12H,6-9H2. The van der Waals surface area contributed by atoms with Gasteiger partial charge in [0.25, 0.3) is 5.78 Å². The Labute approximate surface area is 144 Å². The summed E-state index contributed by atoms with van der Waals surface area (Å²) in [6.45, 7) is 2.97. The summed E-state index contributed by atoms with van der Waals surface area (Å²) in [4.78, 5) is 10.9. The lowest BCUT2D eigenvalue weighted by atomic mass is 10.2. The van der Waals surface area contributed by atoms with Crippen molar-refractivity contribution in [1.29, 1.82) is 0 Å². The van der Waals surface area contributed by atoms with Crippen molar-refractivity contribution in [3.63, 3.8) is 0 Å². The van der Waals surface area contributed by atoms with Gasteiger partial charge in [-0.15, -0.1) is 5.10 Å². The molecule has 0 saturated carbocycles. The molecule has 1 aromatic carbocycles. The molecular weight excluding hydrogens is 326 g/mol. The minimum absolute atomic E-state index is 0.560. The summed E-state index contributed by atoms with van der Waals surface area (Å²) in [7, 11) is 0. The molecule has 7 heteroatoms. The highest BCUT2D eigenvalue weighted by molar-refractivity contribution is 6.30. The van der Waals surface area contributed by atoms with E-state index in [0.29, 0.717) is 30.0 Å². The van der Waals surface area contributed by atoms with E-state index < -0.39 is 0 Å². The van der Waals surface area contributed by atoms with Crippen molar-refractivity contribution in [2.24, 2.45) is 0 Å². The topological polar surface area (TPSA) is 55.5 Å². The average Bonchev–Trinajstić information content (AvgIpc) is 3.04. The molecule has 1 saturated heterocycles. The monoisotopic (exact) mass is 339 g/mol. The van der Waals surface area contributed by atoms with Crippen LogP contribution in [-0.2, 0) is 4.74 Å². The van der Waals surface area contributed by atoms with Gasteiger partial charge >= 0.3 is 0 Å². The molecule has 6 nitrogen and oxygen atoms in total. The fourth-order valence-electron chi connectivity index (χ4n) is 2.44. The van der Waals surface area contributed by atoms with Gasteiger partial charge in [-0.05, 0) is 18.2 Å². The number of ether oxygens (including phenoxy) is 1. The molecule has 120 valence electrons. The third-order valence-electron chi connectivity index (χ3n) is 3.65. The van der Waals surface area contributed by atoms with E-state index in [0.717, 1.165) is 24.2 Å². The molecule has 4 rings (SSSR count). The Bertz CT molecular complexity index is 937. The molecule has 1 aliphatic heterocycles. The van der Waals surface area contributed by atoms with E-state index >= 15 is 0 Å². The Morgan fingerprint density at radius 3 is 2.79 bits per heavy atom. The van der Waals surface area contributed by atoms with Gasteiger partial charge in [0.2, 0.25) is 5.95 Å². The van der Waals surface area contributed by atoms with Crippen molar-refractivity contribution in [1.82, 2.24) is 19.6 Å². The van der Waals surface area contributed by atoms with Crippen molar-refractivity contribution in [3.8, 4) is 11.8 Å². The molecule has 0 radical (unpaired) electrons. The second-order valence-electron chi connectivity index (χ2n) is 5.36. The molecule has 0 unspecified atom stereocenters. The van der Waals surface area contributed by atoms with Gasteiger partial charge in [-0.25, -0.2) is 9.50 Å². The largest absolute Gasteiger partial charge is 0.378 e. The van der Waals surface area contributed by atoms with Crippen molar-refractivity contribution in [2.45, 2.75) is 0 Å². The summed E-state index contributed by atoms with van der Waals surface area (Å²) in [5.74, 6) is 7.38. The van der Waals surface area contributed by atoms with Crippen LogP contribution >= 0.6 is 11.6 Å². The van der Waals surface area contributed by atoms with Crippen molar-refractivity contribution in [3.05, 3.63) is 52.8 Å². The molecule has 3 aromatic rings. The van der Waals surface area contributed by atoms with Gasteiger partial charge in [0.05, 0.1) is 18.8 Å². The number of morpholine rings is 1. The Kier molecular flexibility index (Phi) is 4.03. The van der Waals surface area contributed by atoms with Gasteiger partial charge in [0.15, 0.2) is 0 Å². The first-order valence-corrected chi connectivity index (χ1v) is 7.98. The zero-order valence-electron chi connectivity index (χ0n) is 12.8. The SMILES string of the molecule is Clc1cccc(C#Cc2cnc3nc(N4CCOCC4)nn3c2)c1. The Morgan fingerprint density at radius 2 is 1.96 bits per heavy atom. The van der Waals surface area contributed by atoms with Crippen LogP contribution in [0.4, 0.5) is 5.95 Å². The molecular formula is C17H14ClN5O. The number of hydrogen-bond donors (Lipinski definition) is 0. The first-order valence-electron chi connectivity index (χ1n) is 7.61. The van der Waals surface area contributed by atoms with Crippen LogP contribution in [0.5, 0.6) is 0 Å².